The number of rotatable bonds is 7. The van der Waals surface area contributed by atoms with E-state index in [4.69, 9.17) is 0 Å². The van der Waals surface area contributed by atoms with Crippen LogP contribution in [-0.2, 0) is 22.7 Å². The topological polar surface area (TPSA) is 49.4 Å². The fourth-order valence-corrected chi connectivity index (χ4v) is 2.70. The molecular formula is C22H28N2O2. The molecule has 0 aliphatic heterocycles. The number of aryl methyl sites for hydroxylation is 1. The van der Waals surface area contributed by atoms with Gasteiger partial charge in [0, 0.05) is 19.0 Å². The minimum Gasteiger partial charge on any atom is -0.350 e. The summed E-state index contributed by atoms with van der Waals surface area (Å²) < 4.78 is 0. The molecule has 26 heavy (non-hydrogen) atoms. The lowest BCUT2D eigenvalue weighted by atomic mass is 10.1. The summed E-state index contributed by atoms with van der Waals surface area (Å²) in [7, 11) is 0. The molecule has 0 saturated carbocycles. The lowest BCUT2D eigenvalue weighted by molar-refractivity contribution is -0.143. The van der Waals surface area contributed by atoms with Gasteiger partial charge in [0.2, 0.25) is 11.8 Å². The van der Waals surface area contributed by atoms with Crippen LogP contribution < -0.4 is 5.32 Å². The lowest BCUT2D eigenvalue weighted by Crippen LogP contribution is -2.48. The Morgan fingerprint density at radius 1 is 0.923 bits per heavy atom. The number of carbonyl (C=O) groups is 2. The minimum absolute atomic E-state index is 0.0214. The predicted molar refractivity (Wildman–Crippen MR) is 104 cm³/mol. The van der Waals surface area contributed by atoms with E-state index in [2.05, 4.69) is 5.32 Å². The second-order valence-corrected chi connectivity index (χ2v) is 6.99. The molecule has 2 aromatic carbocycles. The zero-order valence-electron chi connectivity index (χ0n) is 16.0. The molecule has 2 amide bonds. The molecule has 138 valence electrons. The summed E-state index contributed by atoms with van der Waals surface area (Å²) in [5.74, 6) is -0.326. The number of carbonyl (C=O) groups excluding carboxylic acids is 2. The van der Waals surface area contributed by atoms with Crippen LogP contribution in [0.25, 0.3) is 0 Å². The highest BCUT2D eigenvalue weighted by Gasteiger charge is 2.27. The van der Waals surface area contributed by atoms with E-state index in [9.17, 15) is 9.59 Å². The van der Waals surface area contributed by atoms with Crippen LogP contribution in [0.2, 0.25) is 0 Å². The Morgan fingerprint density at radius 3 is 2.12 bits per heavy atom. The van der Waals surface area contributed by atoms with Crippen molar-refractivity contribution in [1.82, 2.24) is 10.2 Å². The van der Waals surface area contributed by atoms with Crippen LogP contribution in [0.4, 0.5) is 0 Å². The van der Waals surface area contributed by atoms with Crippen LogP contribution in [0.1, 0.15) is 37.5 Å². The van der Waals surface area contributed by atoms with Gasteiger partial charge in [0.25, 0.3) is 0 Å². The van der Waals surface area contributed by atoms with E-state index < -0.39 is 6.04 Å². The summed E-state index contributed by atoms with van der Waals surface area (Å²) in [6.07, 6.45) is 0. The van der Waals surface area contributed by atoms with Crippen molar-refractivity contribution >= 4 is 11.8 Å². The van der Waals surface area contributed by atoms with E-state index in [-0.39, 0.29) is 17.7 Å². The van der Waals surface area contributed by atoms with Gasteiger partial charge in [-0.1, -0.05) is 74.0 Å². The fourth-order valence-electron chi connectivity index (χ4n) is 2.70. The molecule has 0 bridgehead atoms. The van der Waals surface area contributed by atoms with Crippen LogP contribution in [0.15, 0.2) is 54.6 Å². The smallest absolute Gasteiger partial charge is 0.242 e. The Morgan fingerprint density at radius 2 is 1.54 bits per heavy atom. The number of nitrogens with zero attached hydrogens (tertiary/aromatic N) is 1. The number of hydrogen-bond donors (Lipinski definition) is 1. The van der Waals surface area contributed by atoms with E-state index in [1.54, 1.807) is 11.8 Å². The Bertz CT molecular complexity index is 724. The standard InChI is InChI=1S/C22H28N2O2/c1-16(2)22(26)24(15-20-8-6-5-7-9-20)18(4)21(25)23-14-19-12-10-17(3)11-13-19/h5-13,16,18H,14-15H2,1-4H3,(H,23,25). The normalized spacial score (nSPS) is 11.9. The highest BCUT2D eigenvalue weighted by atomic mass is 16.2. The second kappa shape index (κ2) is 9.18. The first-order chi connectivity index (χ1) is 12.4. The van der Waals surface area contributed by atoms with Crippen molar-refractivity contribution in [3.8, 4) is 0 Å². The van der Waals surface area contributed by atoms with Gasteiger partial charge in [-0.2, -0.15) is 0 Å². The van der Waals surface area contributed by atoms with Crippen molar-refractivity contribution in [1.29, 1.82) is 0 Å². The Labute approximate surface area is 156 Å². The van der Waals surface area contributed by atoms with E-state index in [1.165, 1.54) is 5.56 Å². The van der Waals surface area contributed by atoms with Gasteiger partial charge in [-0.15, -0.1) is 0 Å². The summed E-state index contributed by atoms with van der Waals surface area (Å²) in [4.78, 5) is 26.9. The maximum atomic E-state index is 12.7. The van der Waals surface area contributed by atoms with Crippen LogP contribution in [0.3, 0.4) is 0 Å². The van der Waals surface area contributed by atoms with Crippen LogP contribution in [0.5, 0.6) is 0 Å². The Balaban J connectivity index is 2.06. The highest BCUT2D eigenvalue weighted by molar-refractivity contribution is 5.88. The third kappa shape index (κ3) is 5.45. The number of hydrogen-bond acceptors (Lipinski definition) is 2. The molecule has 0 fully saturated rings. The first kappa shape index (κ1) is 19.7. The molecule has 2 aromatic rings. The average Bonchev–Trinajstić information content (AvgIpc) is 2.65. The quantitative estimate of drug-likeness (QED) is 0.826. The van der Waals surface area contributed by atoms with Gasteiger partial charge >= 0.3 is 0 Å². The molecule has 0 saturated heterocycles. The van der Waals surface area contributed by atoms with Gasteiger partial charge in [-0.3, -0.25) is 9.59 Å². The summed E-state index contributed by atoms with van der Waals surface area (Å²) in [5, 5.41) is 2.95. The zero-order valence-corrected chi connectivity index (χ0v) is 16.0. The van der Waals surface area contributed by atoms with Crippen molar-refractivity contribution in [3.63, 3.8) is 0 Å². The van der Waals surface area contributed by atoms with Gasteiger partial charge in [0.05, 0.1) is 0 Å². The molecule has 0 spiro atoms. The van der Waals surface area contributed by atoms with Gasteiger partial charge in [-0.25, -0.2) is 0 Å². The monoisotopic (exact) mass is 352 g/mol. The first-order valence-electron chi connectivity index (χ1n) is 9.06. The van der Waals surface area contributed by atoms with Crippen LogP contribution in [0, 0.1) is 12.8 Å². The summed E-state index contributed by atoms with van der Waals surface area (Å²) in [6, 6.07) is 17.3. The number of benzene rings is 2. The molecule has 1 N–H and O–H groups in total. The van der Waals surface area contributed by atoms with Crippen molar-refractivity contribution in [3.05, 3.63) is 71.3 Å². The molecule has 1 atom stereocenters. The molecule has 1 unspecified atom stereocenters. The maximum Gasteiger partial charge on any atom is 0.242 e. The molecule has 4 nitrogen and oxygen atoms in total. The Hall–Kier alpha value is -2.62. The molecule has 0 aliphatic rings. The first-order valence-corrected chi connectivity index (χ1v) is 9.06. The molecule has 4 heteroatoms. The fraction of sp³-hybridized carbons (Fsp3) is 0.364. The van der Waals surface area contributed by atoms with Crippen LogP contribution in [-0.4, -0.2) is 22.8 Å². The molecule has 2 rings (SSSR count). The van der Waals surface area contributed by atoms with Crippen molar-refractivity contribution in [2.75, 3.05) is 0 Å². The summed E-state index contributed by atoms with van der Waals surface area (Å²) >= 11 is 0. The van der Waals surface area contributed by atoms with Gasteiger partial charge in [0.15, 0.2) is 0 Å². The Kier molecular flexibility index (Phi) is 6.96. The summed E-state index contributed by atoms with van der Waals surface area (Å²) in [6.45, 7) is 8.42. The summed E-state index contributed by atoms with van der Waals surface area (Å²) in [5.41, 5.74) is 3.24. The van der Waals surface area contributed by atoms with E-state index in [0.29, 0.717) is 13.1 Å². The van der Waals surface area contributed by atoms with Crippen molar-refractivity contribution in [2.24, 2.45) is 5.92 Å². The number of nitrogens with one attached hydrogen (secondary N) is 1. The minimum atomic E-state index is -0.532. The lowest BCUT2D eigenvalue weighted by Gasteiger charge is -2.30. The molecule has 0 aromatic heterocycles. The second-order valence-electron chi connectivity index (χ2n) is 6.99. The largest absolute Gasteiger partial charge is 0.350 e. The maximum absolute atomic E-state index is 12.7. The van der Waals surface area contributed by atoms with Gasteiger partial charge < -0.3 is 10.2 Å². The molecule has 0 heterocycles. The molecule has 0 radical (unpaired) electrons. The van der Waals surface area contributed by atoms with E-state index >= 15 is 0 Å². The van der Waals surface area contributed by atoms with Crippen molar-refractivity contribution < 1.29 is 9.59 Å². The van der Waals surface area contributed by atoms with Gasteiger partial charge in [-0.05, 0) is 25.0 Å². The average molecular weight is 352 g/mol. The van der Waals surface area contributed by atoms with Crippen molar-refractivity contribution in [2.45, 2.75) is 46.8 Å². The third-order valence-corrected chi connectivity index (χ3v) is 4.41. The highest BCUT2D eigenvalue weighted by Crippen LogP contribution is 2.13. The van der Waals surface area contributed by atoms with E-state index in [0.717, 1.165) is 11.1 Å². The SMILES string of the molecule is Cc1ccc(CNC(=O)C(C)N(Cc2ccccc2)C(=O)C(C)C)cc1. The number of amides is 2. The van der Waals surface area contributed by atoms with Gasteiger partial charge in [0.1, 0.15) is 6.04 Å². The molecular weight excluding hydrogens is 324 g/mol. The zero-order chi connectivity index (χ0) is 19.1. The molecule has 0 aliphatic carbocycles. The predicted octanol–water partition coefficient (Wildman–Crippen LogP) is 3.68. The van der Waals surface area contributed by atoms with E-state index in [1.807, 2.05) is 75.4 Å². The third-order valence-electron chi connectivity index (χ3n) is 4.41. The van der Waals surface area contributed by atoms with Crippen LogP contribution >= 0.6 is 0 Å².